The Labute approximate surface area is 71.0 Å². The van der Waals surface area contributed by atoms with E-state index in [1.54, 1.807) is 0 Å². The molecule has 2 heteroatoms. The molecule has 1 saturated heterocycles. The lowest BCUT2D eigenvalue weighted by Gasteiger charge is -2.11. The number of likely N-dealkylation sites (tertiary alicyclic amines) is 1. The summed E-state index contributed by atoms with van der Waals surface area (Å²) >= 11 is 0. The molecule has 1 aliphatic rings. The number of hydrogen-bond donors (Lipinski definition) is 1. The Balaban J connectivity index is 0.000000461. The molecule has 0 saturated carbocycles. The quantitative estimate of drug-likeness (QED) is 0.616. The van der Waals surface area contributed by atoms with Crippen LogP contribution in [0.5, 0.6) is 0 Å². The molecule has 1 aliphatic heterocycles. The van der Waals surface area contributed by atoms with E-state index >= 15 is 0 Å². The van der Waals surface area contributed by atoms with Gasteiger partial charge in [-0.05, 0) is 20.0 Å². The maximum Gasteiger partial charge on any atom is 0.0229 e. The van der Waals surface area contributed by atoms with Crippen molar-refractivity contribution in [3.05, 3.63) is 0 Å². The molecule has 0 aromatic heterocycles. The minimum absolute atomic E-state index is 0.718. The zero-order chi connectivity index (χ0) is 8.85. The maximum atomic E-state index is 3.30. The van der Waals surface area contributed by atoms with Gasteiger partial charge in [0.1, 0.15) is 0 Å². The van der Waals surface area contributed by atoms with Crippen LogP contribution in [0.2, 0.25) is 0 Å². The fraction of sp³-hybridized carbons (Fsp3) is 1.00. The Morgan fingerprint density at radius 2 is 1.82 bits per heavy atom. The van der Waals surface area contributed by atoms with Gasteiger partial charge < -0.3 is 10.2 Å². The van der Waals surface area contributed by atoms with Crippen molar-refractivity contribution in [2.75, 3.05) is 27.2 Å². The van der Waals surface area contributed by atoms with Crippen molar-refractivity contribution in [1.29, 1.82) is 0 Å². The summed E-state index contributed by atoms with van der Waals surface area (Å²) in [6, 6.07) is 0.718. The van der Waals surface area contributed by atoms with Crippen molar-refractivity contribution >= 4 is 0 Å². The molecule has 0 aliphatic carbocycles. The van der Waals surface area contributed by atoms with Gasteiger partial charge in [0.2, 0.25) is 0 Å². The molecule has 0 aromatic rings. The van der Waals surface area contributed by atoms with Crippen molar-refractivity contribution in [2.45, 2.75) is 26.8 Å². The van der Waals surface area contributed by atoms with E-state index in [0.717, 1.165) is 12.0 Å². The molecule has 0 aromatic carbocycles. The van der Waals surface area contributed by atoms with Crippen molar-refractivity contribution in [2.24, 2.45) is 5.92 Å². The van der Waals surface area contributed by atoms with Crippen LogP contribution in [0.1, 0.15) is 20.8 Å². The summed E-state index contributed by atoms with van der Waals surface area (Å²) < 4.78 is 0. The minimum atomic E-state index is 0.718. The zero-order valence-corrected chi connectivity index (χ0v) is 8.52. The van der Waals surface area contributed by atoms with Crippen LogP contribution in [-0.4, -0.2) is 38.1 Å². The average molecular weight is 158 g/mol. The topological polar surface area (TPSA) is 15.3 Å². The van der Waals surface area contributed by atoms with E-state index < -0.39 is 0 Å². The molecular weight excluding hydrogens is 136 g/mol. The molecule has 0 amide bonds. The Morgan fingerprint density at radius 1 is 1.27 bits per heavy atom. The normalized spacial score (nSPS) is 31.4. The number of likely N-dealkylation sites (N-methyl/N-ethyl adjacent to an activating group) is 2. The smallest absolute Gasteiger partial charge is 0.0229 e. The van der Waals surface area contributed by atoms with E-state index in [9.17, 15) is 0 Å². The molecule has 0 bridgehead atoms. The highest BCUT2D eigenvalue weighted by atomic mass is 15.2. The van der Waals surface area contributed by atoms with E-state index in [0.29, 0.717) is 0 Å². The van der Waals surface area contributed by atoms with Crippen molar-refractivity contribution in [1.82, 2.24) is 10.2 Å². The molecule has 1 heterocycles. The number of rotatable bonds is 1. The first-order valence-corrected chi connectivity index (χ1v) is 4.60. The second kappa shape index (κ2) is 5.56. The molecule has 2 nitrogen and oxygen atoms in total. The SMILES string of the molecule is CC.CNC1CN(C)CC1C. The first-order chi connectivity index (χ1) is 5.24. The van der Waals surface area contributed by atoms with E-state index in [1.807, 2.05) is 20.9 Å². The van der Waals surface area contributed by atoms with Crippen LogP contribution in [0.4, 0.5) is 0 Å². The summed E-state index contributed by atoms with van der Waals surface area (Å²) in [6.45, 7) is 8.74. The van der Waals surface area contributed by atoms with Gasteiger partial charge in [0.05, 0.1) is 0 Å². The average Bonchev–Trinajstić information content (AvgIpc) is 2.33. The van der Waals surface area contributed by atoms with Crippen LogP contribution in [0.3, 0.4) is 0 Å². The third-order valence-corrected chi connectivity index (χ3v) is 2.17. The first-order valence-electron chi connectivity index (χ1n) is 4.60. The molecule has 2 atom stereocenters. The third kappa shape index (κ3) is 3.21. The summed E-state index contributed by atoms with van der Waals surface area (Å²) in [5, 5.41) is 3.30. The van der Waals surface area contributed by atoms with Gasteiger partial charge in [-0.2, -0.15) is 0 Å². The van der Waals surface area contributed by atoms with Crippen molar-refractivity contribution in [3.63, 3.8) is 0 Å². The van der Waals surface area contributed by atoms with Gasteiger partial charge in [-0.3, -0.25) is 0 Å². The van der Waals surface area contributed by atoms with Gasteiger partial charge in [0, 0.05) is 19.1 Å². The van der Waals surface area contributed by atoms with Gasteiger partial charge in [-0.1, -0.05) is 20.8 Å². The van der Waals surface area contributed by atoms with Crippen LogP contribution in [0, 0.1) is 5.92 Å². The van der Waals surface area contributed by atoms with E-state index in [-0.39, 0.29) is 0 Å². The summed E-state index contributed by atoms with van der Waals surface area (Å²) in [6.07, 6.45) is 0. The van der Waals surface area contributed by atoms with Crippen LogP contribution in [0.15, 0.2) is 0 Å². The highest BCUT2D eigenvalue weighted by Gasteiger charge is 2.24. The number of hydrogen-bond acceptors (Lipinski definition) is 2. The van der Waals surface area contributed by atoms with Gasteiger partial charge in [-0.15, -0.1) is 0 Å². The molecule has 2 unspecified atom stereocenters. The lowest BCUT2D eigenvalue weighted by molar-refractivity contribution is 0.399. The summed E-state index contributed by atoms with van der Waals surface area (Å²) in [4.78, 5) is 2.37. The standard InChI is InChI=1S/C7H16N2.C2H6/c1-6-4-9(3)5-7(6)8-2;1-2/h6-8H,4-5H2,1-3H3;1-2H3. The monoisotopic (exact) mass is 158 g/mol. The van der Waals surface area contributed by atoms with Crippen LogP contribution in [-0.2, 0) is 0 Å². The Morgan fingerprint density at radius 3 is 2.00 bits per heavy atom. The summed E-state index contributed by atoms with van der Waals surface area (Å²) in [5.74, 6) is 0.819. The predicted octanol–water partition coefficient (Wildman–Crippen LogP) is 1.18. The van der Waals surface area contributed by atoms with E-state index in [4.69, 9.17) is 0 Å². The second-order valence-electron chi connectivity index (χ2n) is 3.09. The summed E-state index contributed by atoms with van der Waals surface area (Å²) in [7, 11) is 4.22. The van der Waals surface area contributed by atoms with Crippen LogP contribution in [0.25, 0.3) is 0 Å². The molecular formula is C9H22N2. The molecule has 0 radical (unpaired) electrons. The largest absolute Gasteiger partial charge is 0.315 e. The van der Waals surface area contributed by atoms with E-state index in [1.165, 1.54) is 13.1 Å². The highest BCUT2D eigenvalue weighted by molar-refractivity contribution is 4.83. The van der Waals surface area contributed by atoms with Gasteiger partial charge in [0.15, 0.2) is 0 Å². The second-order valence-corrected chi connectivity index (χ2v) is 3.09. The number of nitrogens with one attached hydrogen (secondary N) is 1. The minimum Gasteiger partial charge on any atom is -0.315 e. The summed E-state index contributed by atoms with van der Waals surface area (Å²) in [5.41, 5.74) is 0. The lowest BCUT2D eigenvalue weighted by atomic mass is 10.1. The lowest BCUT2D eigenvalue weighted by Crippen LogP contribution is -2.31. The van der Waals surface area contributed by atoms with Gasteiger partial charge in [0.25, 0.3) is 0 Å². The van der Waals surface area contributed by atoms with Gasteiger partial charge >= 0.3 is 0 Å². The zero-order valence-electron chi connectivity index (χ0n) is 8.52. The van der Waals surface area contributed by atoms with Crippen molar-refractivity contribution < 1.29 is 0 Å². The van der Waals surface area contributed by atoms with Crippen molar-refractivity contribution in [3.8, 4) is 0 Å². The molecule has 11 heavy (non-hydrogen) atoms. The Bertz CT molecular complexity index is 93.6. The molecule has 1 N–H and O–H groups in total. The van der Waals surface area contributed by atoms with Crippen LogP contribution < -0.4 is 5.32 Å². The molecule has 1 fully saturated rings. The fourth-order valence-electron chi connectivity index (χ4n) is 1.58. The first kappa shape index (κ1) is 10.9. The highest BCUT2D eigenvalue weighted by Crippen LogP contribution is 2.12. The third-order valence-electron chi connectivity index (χ3n) is 2.17. The van der Waals surface area contributed by atoms with Crippen LogP contribution >= 0.6 is 0 Å². The fourth-order valence-corrected chi connectivity index (χ4v) is 1.58. The Kier molecular flexibility index (Phi) is 5.51. The molecule has 68 valence electrons. The van der Waals surface area contributed by atoms with Gasteiger partial charge in [-0.25, -0.2) is 0 Å². The number of nitrogens with zero attached hydrogens (tertiary/aromatic N) is 1. The maximum absolute atomic E-state index is 3.30. The van der Waals surface area contributed by atoms with E-state index in [2.05, 4.69) is 24.2 Å². The predicted molar refractivity (Wildman–Crippen MR) is 50.9 cm³/mol. The Hall–Kier alpha value is -0.0800. The molecule has 0 spiro atoms. The molecule has 1 rings (SSSR count).